The predicted octanol–water partition coefficient (Wildman–Crippen LogP) is 5.20. The Balaban J connectivity index is 1.54. The smallest absolute Gasteiger partial charge is 0.410 e. The van der Waals surface area contributed by atoms with Crippen LogP contribution in [0.2, 0.25) is 0 Å². The van der Waals surface area contributed by atoms with Crippen LogP contribution in [0.15, 0.2) is 47.8 Å². The molecule has 0 aliphatic rings. The van der Waals surface area contributed by atoms with Crippen LogP contribution in [0, 0.1) is 6.92 Å². The van der Waals surface area contributed by atoms with E-state index in [2.05, 4.69) is 15.6 Å². The molecule has 0 saturated carbocycles. The number of hydrogen-bond acceptors (Lipinski definition) is 6. The number of rotatable bonds is 9. The van der Waals surface area contributed by atoms with Gasteiger partial charge < -0.3 is 19.9 Å². The van der Waals surface area contributed by atoms with Gasteiger partial charge in [0.25, 0.3) is 5.91 Å². The highest BCUT2D eigenvalue weighted by Gasteiger charge is 2.14. The van der Waals surface area contributed by atoms with Crippen LogP contribution in [-0.2, 0) is 6.42 Å². The van der Waals surface area contributed by atoms with E-state index in [9.17, 15) is 9.59 Å². The second-order valence-corrected chi connectivity index (χ2v) is 8.18. The van der Waals surface area contributed by atoms with E-state index in [4.69, 9.17) is 14.6 Å². The van der Waals surface area contributed by atoms with Crippen LogP contribution < -0.4 is 20.1 Å². The minimum atomic E-state index is -1.14. The fourth-order valence-electron chi connectivity index (χ4n) is 2.85. The zero-order chi connectivity index (χ0) is 23.1. The van der Waals surface area contributed by atoms with Gasteiger partial charge in [0.2, 0.25) is 0 Å². The first-order valence-electron chi connectivity index (χ1n) is 10.1. The number of nitrogens with zero attached hydrogens (tertiary/aromatic N) is 1. The third-order valence-corrected chi connectivity index (χ3v) is 5.06. The first kappa shape index (κ1) is 23.1. The van der Waals surface area contributed by atoms with Crippen molar-refractivity contribution >= 4 is 34.2 Å². The van der Waals surface area contributed by atoms with Gasteiger partial charge in [-0.25, -0.2) is 9.78 Å². The third-order valence-electron chi connectivity index (χ3n) is 4.25. The standard InChI is InChI=1S/C23H25N3O5S/c1-14(2)31-20-12-15(3)4-9-19(20)21(27)24-16-5-7-18(8-6-16)30-11-10-17-13-32-22(25-17)26-23(28)29/h4-9,12-14H,10-11H2,1-3H3,(H,24,27)(H,25,26)(H,28,29). The summed E-state index contributed by atoms with van der Waals surface area (Å²) in [5.74, 6) is 0.964. The number of nitrogens with one attached hydrogen (secondary N) is 2. The summed E-state index contributed by atoms with van der Waals surface area (Å²) in [5.41, 5.74) is 2.89. The van der Waals surface area contributed by atoms with Crippen LogP contribution in [0.4, 0.5) is 15.6 Å². The molecule has 0 bridgehead atoms. The molecule has 0 aliphatic carbocycles. The summed E-state index contributed by atoms with van der Waals surface area (Å²) in [7, 11) is 0. The number of carbonyl (C=O) groups excluding carboxylic acids is 1. The lowest BCUT2D eigenvalue weighted by atomic mass is 10.1. The van der Waals surface area contributed by atoms with Crippen molar-refractivity contribution < 1.29 is 24.2 Å². The fraction of sp³-hybridized carbons (Fsp3) is 0.261. The molecule has 3 aromatic rings. The summed E-state index contributed by atoms with van der Waals surface area (Å²) in [6.07, 6.45) is -0.632. The maximum absolute atomic E-state index is 12.7. The Morgan fingerprint density at radius 1 is 1.12 bits per heavy atom. The second kappa shape index (κ2) is 10.6. The molecular formula is C23H25N3O5S. The van der Waals surface area contributed by atoms with Gasteiger partial charge >= 0.3 is 6.09 Å². The highest BCUT2D eigenvalue weighted by atomic mass is 32.1. The Bertz CT molecular complexity index is 1080. The van der Waals surface area contributed by atoms with Gasteiger partial charge in [0, 0.05) is 17.5 Å². The molecule has 0 saturated heterocycles. The van der Waals surface area contributed by atoms with Crippen molar-refractivity contribution in [2.75, 3.05) is 17.2 Å². The van der Waals surface area contributed by atoms with E-state index in [1.54, 1.807) is 35.7 Å². The molecule has 168 valence electrons. The highest BCUT2D eigenvalue weighted by Crippen LogP contribution is 2.24. The summed E-state index contributed by atoms with van der Waals surface area (Å²) < 4.78 is 11.5. The molecule has 8 nitrogen and oxygen atoms in total. The van der Waals surface area contributed by atoms with Crippen LogP contribution in [0.5, 0.6) is 11.5 Å². The summed E-state index contributed by atoms with van der Waals surface area (Å²) in [4.78, 5) is 27.5. The van der Waals surface area contributed by atoms with Gasteiger partial charge in [0.05, 0.1) is 24.0 Å². The van der Waals surface area contributed by atoms with Crippen LogP contribution in [-0.4, -0.2) is 34.8 Å². The molecule has 0 fully saturated rings. The van der Waals surface area contributed by atoms with E-state index in [0.29, 0.717) is 40.9 Å². The number of carboxylic acid groups (broad SMARTS) is 1. The molecule has 2 aromatic carbocycles. The quantitative estimate of drug-likeness (QED) is 0.409. The average molecular weight is 456 g/mol. The SMILES string of the molecule is Cc1ccc(C(=O)Nc2ccc(OCCc3csc(NC(=O)O)n3)cc2)c(OC(C)C)c1. The van der Waals surface area contributed by atoms with Gasteiger partial charge in [0.1, 0.15) is 11.5 Å². The van der Waals surface area contributed by atoms with Gasteiger partial charge in [-0.15, -0.1) is 11.3 Å². The molecule has 9 heteroatoms. The molecule has 2 amide bonds. The Hall–Kier alpha value is -3.59. The maximum atomic E-state index is 12.7. The van der Waals surface area contributed by atoms with E-state index < -0.39 is 6.09 Å². The number of carbonyl (C=O) groups is 2. The average Bonchev–Trinajstić information content (AvgIpc) is 3.15. The van der Waals surface area contributed by atoms with Gasteiger partial charge in [0.15, 0.2) is 5.13 Å². The topological polar surface area (TPSA) is 110 Å². The molecule has 32 heavy (non-hydrogen) atoms. The first-order chi connectivity index (χ1) is 15.3. The van der Waals surface area contributed by atoms with Gasteiger partial charge in [-0.1, -0.05) is 6.07 Å². The molecule has 0 atom stereocenters. The molecule has 3 rings (SSSR count). The summed E-state index contributed by atoms with van der Waals surface area (Å²) in [5, 5.41) is 15.9. The monoisotopic (exact) mass is 455 g/mol. The molecule has 1 heterocycles. The van der Waals surface area contributed by atoms with E-state index in [-0.39, 0.29) is 12.0 Å². The minimum absolute atomic E-state index is 0.0379. The lowest BCUT2D eigenvalue weighted by Crippen LogP contribution is -2.16. The Labute approximate surface area is 190 Å². The number of aryl methyl sites for hydroxylation is 1. The normalized spacial score (nSPS) is 10.6. The number of benzene rings is 2. The van der Waals surface area contributed by atoms with Crippen LogP contribution >= 0.6 is 11.3 Å². The minimum Gasteiger partial charge on any atom is -0.493 e. The number of anilines is 2. The van der Waals surface area contributed by atoms with Gasteiger partial charge in [-0.2, -0.15) is 0 Å². The zero-order valence-corrected chi connectivity index (χ0v) is 18.9. The highest BCUT2D eigenvalue weighted by molar-refractivity contribution is 7.13. The molecule has 0 unspecified atom stereocenters. The zero-order valence-electron chi connectivity index (χ0n) is 18.0. The van der Waals surface area contributed by atoms with Crippen molar-refractivity contribution in [2.24, 2.45) is 0 Å². The molecule has 0 aliphatic heterocycles. The Morgan fingerprint density at radius 3 is 2.56 bits per heavy atom. The van der Waals surface area contributed by atoms with Crippen LogP contribution in [0.3, 0.4) is 0 Å². The van der Waals surface area contributed by atoms with Crippen molar-refractivity contribution in [3.63, 3.8) is 0 Å². The van der Waals surface area contributed by atoms with Crippen molar-refractivity contribution in [1.29, 1.82) is 0 Å². The molecule has 0 radical (unpaired) electrons. The van der Waals surface area contributed by atoms with Crippen molar-refractivity contribution in [1.82, 2.24) is 4.98 Å². The lowest BCUT2D eigenvalue weighted by molar-refractivity contribution is 0.102. The number of thiazole rings is 1. The summed E-state index contributed by atoms with van der Waals surface area (Å²) in [6, 6.07) is 12.6. The molecule has 0 spiro atoms. The second-order valence-electron chi connectivity index (χ2n) is 7.32. The Morgan fingerprint density at radius 2 is 1.88 bits per heavy atom. The van der Waals surface area contributed by atoms with Gasteiger partial charge in [-0.05, 0) is 62.7 Å². The Kier molecular flexibility index (Phi) is 7.67. The summed E-state index contributed by atoms with van der Waals surface area (Å²) >= 11 is 1.23. The van der Waals surface area contributed by atoms with E-state index >= 15 is 0 Å². The predicted molar refractivity (Wildman–Crippen MR) is 124 cm³/mol. The first-order valence-corrected chi connectivity index (χ1v) is 10.9. The number of hydrogen-bond donors (Lipinski definition) is 3. The molecular weight excluding hydrogens is 430 g/mol. The van der Waals surface area contributed by atoms with Crippen molar-refractivity contribution in [3.05, 3.63) is 64.7 Å². The van der Waals surface area contributed by atoms with Crippen molar-refractivity contribution in [2.45, 2.75) is 33.3 Å². The number of aromatic nitrogens is 1. The maximum Gasteiger partial charge on any atom is 0.410 e. The largest absolute Gasteiger partial charge is 0.493 e. The van der Waals surface area contributed by atoms with E-state index in [1.807, 2.05) is 32.9 Å². The summed E-state index contributed by atoms with van der Waals surface area (Å²) in [6.45, 7) is 6.18. The lowest BCUT2D eigenvalue weighted by Gasteiger charge is -2.15. The van der Waals surface area contributed by atoms with Crippen molar-refractivity contribution in [3.8, 4) is 11.5 Å². The van der Waals surface area contributed by atoms with E-state index in [1.165, 1.54) is 11.3 Å². The fourth-order valence-corrected chi connectivity index (χ4v) is 3.58. The van der Waals surface area contributed by atoms with E-state index in [0.717, 1.165) is 11.3 Å². The number of amides is 2. The van der Waals surface area contributed by atoms with Gasteiger partial charge in [-0.3, -0.25) is 10.1 Å². The molecule has 1 aromatic heterocycles. The van der Waals surface area contributed by atoms with Crippen LogP contribution in [0.25, 0.3) is 0 Å². The number of ether oxygens (including phenoxy) is 2. The third kappa shape index (κ3) is 6.71. The molecule has 3 N–H and O–H groups in total. The van der Waals surface area contributed by atoms with Crippen LogP contribution in [0.1, 0.15) is 35.5 Å².